The highest BCUT2D eigenvalue weighted by Gasteiger charge is 2.13. The van der Waals surface area contributed by atoms with Gasteiger partial charge in [-0.3, -0.25) is 9.59 Å². The first-order valence-corrected chi connectivity index (χ1v) is 8.35. The molecular weight excluding hydrogens is 320 g/mol. The molecule has 0 bridgehead atoms. The Morgan fingerprint density at radius 2 is 1.84 bits per heavy atom. The first-order chi connectivity index (χ1) is 12.1. The molecule has 0 atom stereocenters. The lowest BCUT2D eigenvalue weighted by molar-refractivity contribution is -0.136. The first kappa shape index (κ1) is 18.6. The van der Waals surface area contributed by atoms with E-state index in [4.69, 9.17) is 0 Å². The molecule has 1 aromatic heterocycles. The quantitative estimate of drug-likeness (QED) is 0.689. The van der Waals surface area contributed by atoms with Crippen molar-refractivity contribution in [1.82, 2.24) is 25.0 Å². The van der Waals surface area contributed by atoms with Crippen LogP contribution in [0.1, 0.15) is 19.4 Å². The molecular formula is C17H24N6O2. The zero-order chi connectivity index (χ0) is 18.1. The molecule has 2 rings (SSSR count). The Morgan fingerprint density at radius 1 is 1.12 bits per heavy atom. The van der Waals surface area contributed by atoms with Gasteiger partial charge >= 0.3 is 11.8 Å². The van der Waals surface area contributed by atoms with Crippen LogP contribution in [0, 0.1) is 0 Å². The number of anilines is 1. The molecule has 0 unspecified atom stereocenters. The Bertz CT molecular complexity index is 665. The molecule has 0 saturated heterocycles. The Morgan fingerprint density at radius 3 is 2.44 bits per heavy atom. The fourth-order valence-electron chi connectivity index (χ4n) is 2.33. The van der Waals surface area contributed by atoms with Crippen molar-refractivity contribution in [2.24, 2.45) is 0 Å². The van der Waals surface area contributed by atoms with Crippen molar-refractivity contribution in [2.75, 3.05) is 31.5 Å². The number of nitrogens with zero attached hydrogens (tertiary/aromatic N) is 4. The van der Waals surface area contributed by atoms with E-state index in [0.717, 1.165) is 25.2 Å². The van der Waals surface area contributed by atoms with Crippen LogP contribution in [0.3, 0.4) is 0 Å². The standard InChI is InChI=1S/C17H24N6O2/c1-3-22(4-2)10-9-19-16(24)17(25)21-15-7-5-14(6-8-15)11-23-13-18-12-20-23/h5-8,12-13H,3-4,9-11H2,1-2H3,(H,19,24)(H,21,25). The highest BCUT2D eigenvalue weighted by atomic mass is 16.2. The van der Waals surface area contributed by atoms with E-state index in [1.807, 2.05) is 12.1 Å². The van der Waals surface area contributed by atoms with Crippen molar-refractivity contribution in [3.05, 3.63) is 42.5 Å². The van der Waals surface area contributed by atoms with Gasteiger partial charge in [-0.1, -0.05) is 26.0 Å². The number of nitrogens with one attached hydrogen (secondary N) is 2. The Balaban J connectivity index is 1.78. The summed E-state index contributed by atoms with van der Waals surface area (Å²) >= 11 is 0. The average Bonchev–Trinajstić information content (AvgIpc) is 3.13. The molecule has 2 amide bonds. The van der Waals surface area contributed by atoms with E-state index < -0.39 is 11.8 Å². The van der Waals surface area contributed by atoms with Crippen molar-refractivity contribution in [2.45, 2.75) is 20.4 Å². The van der Waals surface area contributed by atoms with Crippen LogP contribution in [0.15, 0.2) is 36.9 Å². The third kappa shape index (κ3) is 6.00. The molecule has 25 heavy (non-hydrogen) atoms. The van der Waals surface area contributed by atoms with Gasteiger partial charge in [0.2, 0.25) is 0 Å². The van der Waals surface area contributed by atoms with Crippen molar-refractivity contribution in [3.8, 4) is 0 Å². The lowest BCUT2D eigenvalue weighted by Crippen LogP contribution is -2.40. The number of hydrogen-bond donors (Lipinski definition) is 2. The molecule has 0 aliphatic heterocycles. The van der Waals surface area contributed by atoms with Gasteiger partial charge in [-0.05, 0) is 30.8 Å². The minimum atomic E-state index is -0.663. The Hall–Kier alpha value is -2.74. The number of amides is 2. The van der Waals surface area contributed by atoms with Gasteiger partial charge in [0.15, 0.2) is 0 Å². The smallest absolute Gasteiger partial charge is 0.313 e. The van der Waals surface area contributed by atoms with Gasteiger partial charge in [-0.25, -0.2) is 9.67 Å². The molecule has 0 saturated carbocycles. The van der Waals surface area contributed by atoms with E-state index in [9.17, 15) is 9.59 Å². The van der Waals surface area contributed by atoms with Gasteiger partial charge in [0.05, 0.1) is 6.54 Å². The number of hydrogen-bond acceptors (Lipinski definition) is 5. The molecule has 1 heterocycles. The van der Waals surface area contributed by atoms with Crippen LogP contribution < -0.4 is 10.6 Å². The molecule has 134 valence electrons. The molecule has 2 aromatic rings. The minimum absolute atomic E-state index is 0.449. The van der Waals surface area contributed by atoms with Gasteiger partial charge in [0.25, 0.3) is 0 Å². The molecule has 0 fully saturated rings. The third-order valence-corrected chi connectivity index (χ3v) is 3.84. The van der Waals surface area contributed by atoms with Gasteiger partial charge in [-0.2, -0.15) is 5.10 Å². The second kappa shape index (κ2) is 9.53. The minimum Gasteiger partial charge on any atom is -0.347 e. The van der Waals surface area contributed by atoms with E-state index in [0.29, 0.717) is 18.8 Å². The summed E-state index contributed by atoms with van der Waals surface area (Å²) in [6.07, 6.45) is 3.12. The molecule has 8 nitrogen and oxygen atoms in total. The third-order valence-electron chi connectivity index (χ3n) is 3.84. The summed E-state index contributed by atoms with van der Waals surface area (Å²) in [7, 11) is 0. The summed E-state index contributed by atoms with van der Waals surface area (Å²) in [5.41, 5.74) is 1.60. The first-order valence-electron chi connectivity index (χ1n) is 8.35. The lowest BCUT2D eigenvalue weighted by atomic mass is 10.2. The molecule has 0 aliphatic carbocycles. The van der Waals surface area contributed by atoms with E-state index in [-0.39, 0.29) is 0 Å². The van der Waals surface area contributed by atoms with Crippen LogP contribution in [-0.2, 0) is 16.1 Å². The average molecular weight is 344 g/mol. The van der Waals surface area contributed by atoms with Crippen LogP contribution in [0.5, 0.6) is 0 Å². The second-order valence-corrected chi connectivity index (χ2v) is 5.53. The maximum absolute atomic E-state index is 11.9. The predicted octanol–water partition coefficient (Wildman–Crippen LogP) is 0.723. The van der Waals surface area contributed by atoms with Crippen LogP contribution >= 0.6 is 0 Å². The van der Waals surface area contributed by atoms with E-state index in [1.165, 1.54) is 6.33 Å². The normalized spacial score (nSPS) is 10.7. The summed E-state index contributed by atoms with van der Waals surface area (Å²) in [5, 5.41) is 9.26. The fourth-order valence-corrected chi connectivity index (χ4v) is 2.33. The van der Waals surface area contributed by atoms with Crippen LogP contribution in [0.4, 0.5) is 5.69 Å². The summed E-state index contributed by atoms with van der Waals surface area (Å²) in [4.78, 5) is 29.8. The summed E-state index contributed by atoms with van der Waals surface area (Å²) in [5.74, 6) is -1.29. The topological polar surface area (TPSA) is 92.2 Å². The van der Waals surface area contributed by atoms with Gasteiger partial charge < -0.3 is 15.5 Å². The van der Waals surface area contributed by atoms with Crippen molar-refractivity contribution >= 4 is 17.5 Å². The summed E-state index contributed by atoms with van der Waals surface area (Å²) in [6, 6.07) is 7.26. The number of carbonyl (C=O) groups is 2. The zero-order valence-electron chi connectivity index (χ0n) is 14.6. The van der Waals surface area contributed by atoms with Crippen molar-refractivity contribution in [1.29, 1.82) is 0 Å². The highest BCUT2D eigenvalue weighted by Crippen LogP contribution is 2.10. The van der Waals surface area contributed by atoms with Crippen molar-refractivity contribution in [3.63, 3.8) is 0 Å². The molecule has 8 heteroatoms. The monoisotopic (exact) mass is 344 g/mol. The number of likely N-dealkylation sites (N-methyl/N-ethyl adjacent to an activating group) is 1. The van der Waals surface area contributed by atoms with E-state index >= 15 is 0 Å². The number of carbonyl (C=O) groups excluding carboxylic acids is 2. The van der Waals surface area contributed by atoms with Crippen LogP contribution in [0.25, 0.3) is 0 Å². The molecule has 0 spiro atoms. The molecule has 1 aromatic carbocycles. The van der Waals surface area contributed by atoms with Gasteiger partial charge in [-0.15, -0.1) is 0 Å². The van der Waals surface area contributed by atoms with Crippen LogP contribution in [0.2, 0.25) is 0 Å². The number of benzene rings is 1. The Kier molecular flexibility index (Phi) is 7.09. The molecule has 0 aliphatic rings. The maximum Gasteiger partial charge on any atom is 0.313 e. The number of aromatic nitrogens is 3. The summed E-state index contributed by atoms with van der Waals surface area (Å²) < 4.78 is 1.71. The van der Waals surface area contributed by atoms with E-state index in [2.05, 4.69) is 39.5 Å². The van der Waals surface area contributed by atoms with E-state index in [1.54, 1.807) is 23.1 Å². The van der Waals surface area contributed by atoms with Crippen molar-refractivity contribution < 1.29 is 9.59 Å². The summed E-state index contributed by atoms with van der Waals surface area (Å²) in [6.45, 7) is 7.72. The Labute approximate surface area is 147 Å². The fraction of sp³-hybridized carbons (Fsp3) is 0.412. The largest absolute Gasteiger partial charge is 0.347 e. The molecule has 0 radical (unpaired) electrons. The predicted molar refractivity (Wildman–Crippen MR) is 95.0 cm³/mol. The zero-order valence-corrected chi connectivity index (χ0v) is 14.6. The van der Waals surface area contributed by atoms with Gasteiger partial charge in [0.1, 0.15) is 12.7 Å². The van der Waals surface area contributed by atoms with Crippen LogP contribution in [-0.4, -0.2) is 57.7 Å². The number of rotatable bonds is 8. The molecule has 2 N–H and O–H groups in total. The highest BCUT2D eigenvalue weighted by molar-refractivity contribution is 6.39. The van der Waals surface area contributed by atoms with Gasteiger partial charge in [0, 0.05) is 18.8 Å². The maximum atomic E-state index is 11.9. The SMILES string of the molecule is CCN(CC)CCNC(=O)C(=O)Nc1ccc(Cn2cncn2)cc1. The second-order valence-electron chi connectivity index (χ2n) is 5.53. The lowest BCUT2D eigenvalue weighted by Gasteiger charge is -2.17.